The molecular weight excluding hydrogens is 272 g/mol. The van der Waals surface area contributed by atoms with Gasteiger partial charge in [0.05, 0.1) is 17.9 Å². The van der Waals surface area contributed by atoms with Crippen molar-refractivity contribution in [3.8, 4) is 0 Å². The fourth-order valence-electron chi connectivity index (χ4n) is 1.85. The number of halogens is 1. The van der Waals surface area contributed by atoms with Gasteiger partial charge in [0, 0.05) is 10.7 Å². The van der Waals surface area contributed by atoms with Crippen LogP contribution in [0.4, 0.5) is 0 Å². The Morgan fingerprint density at radius 2 is 1.94 bits per heavy atom. The third kappa shape index (κ3) is 3.14. The molecule has 0 amide bonds. The minimum absolute atomic E-state index is 0.179. The van der Waals surface area contributed by atoms with Gasteiger partial charge in [-0.25, -0.2) is 8.42 Å². The maximum Gasteiger partial charge on any atom is 0.264 e. The third-order valence-corrected chi connectivity index (χ3v) is 4.29. The van der Waals surface area contributed by atoms with Crippen LogP contribution >= 0.6 is 10.7 Å². The smallest absolute Gasteiger partial charge is 0.264 e. The average molecular weight is 291 g/mol. The molecule has 0 aliphatic rings. The van der Waals surface area contributed by atoms with Gasteiger partial charge in [-0.05, 0) is 19.3 Å². The van der Waals surface area contributed by atoms with Crippen LogP contribution in [0.5, 0.6) is 0 Å². The van der Waals surface area contributed by atoms with Gasteiger partial charge in [-0.1, -0.05) is 32.9 Å². The monoisotopic (exact) mass is 290 g/mol. The van der Waals surface area contributed by atoms with Crippen molar-refractivity contribution >= 4 is 19.7 Å². The number of hydrogen-bond acceptors (Lipinski definition) is 3. The lowest BCUT2D eigenvalue weighted by atomic mass is 10.2. The Kier molecular flexibility index (Phi) is 4.99. The molecule has 0 saturated carbocycles. The topological polar surface area (TPSA) is 52.0 Å². The SMILES string of the molecule is C=C(CC)Cn1nc(CC)c(S(=O)(=O)Cl)c1CC. The van der Waals surface area contributed by atoms with E-state index in [0.29, 0.717) is 30.8 Å². The first kappa shape index (κ1) is 15.2. The Hall–Kier alpha value is -0.810. The zero-order chi connectivity index (χ0) is 13.9. The van der Waals surface area contributed by atoms with E-state index < -0.39 is 9.05 Å². The van der Waals surface area contributed by atoms with Gasteiger partial charge < -0.3 is 0 Å². The normalized spacial score (nSPS) is 11.8. The lowest BCUT2D eigenvalue weighted by Gasteiger charge is -2.07. The second-order valence-electron chi connectivity index (χ2n) is 4.13. The van der Waals surface area contributed by atoms with E-state index in [2.05, 4.69) is 11.7 Å². The molecule has 0 saturated heterocycles. The summed E-state index contributed by atoms with van der Waals surface area (Å²) >= 11 is 0. The second kappa shape index (κ2) is 5.89. The van der Waals surface area contributed by atoms with E-state index in [4.69, 9.17) is 10.7 Å². The molecular formula is C12H19ClN2O2S. The largest absolute Gasteiger partial charge is 0.264 e. The summed E-state index contributed by atoms with van der Waals surface area (Å²) in [4.78, 5) is 0.179. The Bertz CT molecular complexity index is 547. The van der Waals surface area contributed by atoms with Gasteiger partial charge in [0.1, 0.15) is 4.90 Å². The molecule has 0 unspecified atom stereocenters. The number of aromatic nitrogens is 2. The minimum Gasteiger partial charge on any atom is -0.264 e. The van der Waals surface area contributed by atoms with E-state index in [-0.39, 0.29) is 4.90 Å². The van der Waals surface area contributed by atoms with Gasteiger partial charge in [0.2, 0.25) is 0 Å². The number of hydrogen-bond donors (Lipinski definition) is 0. The minimum atomic E-state index is -3.75. The van der Waals surface area contributed by atoms with Crippen LogP contribution in [0, 0.1) is 0 Å². The van der Waals surface area contributed by atoms with Crippen LogP contribution in [0.25, 0.3) is 0 Å². The maximum absolute atomic E-state index is 11.7. The highest BCUT2D eigenvalue weighted by atomic mass is 35.7. The van der Waals surface area contributed by atoms with Gasteiger partial charge in [-0.2, -0.15) is 5.10 Å². The van der Waals surface area contributed by atoms with Gasteiger partial charge in [0.25, 0.3) is 9.05 Å². The van der Waals surface area contributed by atoms with Crippen LogP contribution in [0.3, 0.4) is 0 Å². The van der Waals surface area contributed by atoms with Crippen LogP contribution in [0.1, 0.15) is 38.6 Å². The number of nitrogens with zero attached hydrogens (tertiary/aromatic N) is 2. The Balaban J connectivity index is 3.38. The highest BCUT2D eigenvalue weighted by Gasteiger charge is 2.25. The predicted molar refractivity (Wildman–Crippen MR) is 73.5 cm³/mol. The quantitative estimate of drug-likeness (QED) is 0.598. The fraction of sp³-hybridized carbons (Fsp3) is 0.583. The molecule has 0 aromatic carbocycles. The van der Waals surface area contributed by atoms with Crippen LogP contribution < -0.4 is 0 Å². The predicted octanol–water partition coefficient (Wildman–Crippen LogP) is 2.90. The number of allylic oxidation sites excluding steroid dienone is 1. The Morgan fingerprint density at radius 3 is 2.33 bits per heavy atom. The summed E-state index contributed by atoms with van der Waals surface area (Å²) in [7, 11) is 1.76. The van der Waals surface area contributed by atoms with Crippen LogP contribution in [-0.2, 0) is 28.4 Å². The van der Waals surface area contributed by atoms with E-state index in [1.54, 1.807) is 4.68 Å². The molecule has 102 valence electrons. The molecule has 1 rings (SSSR count). The number of rotatable bonds is 6. The molecule has 0 fully saturated rings. The van der Waals surface area contributed by atoms with Crippen LogP contribution in [-0.4, -0.2) is 18.2 Å². The summed E-state index contributed by atoms with van der Waals surface area (Å²) in [5.41, 5.74) is 2.20. The molecule has 0 aliphatic carbocycles. The molecule has 0 radical (unpaired) electrons. The molecule has 0 atom stereocenters. The van der Waals surface area contributed by atoms with Crippen LogP contribution in [0.15, 0.2) is 17.0 Å². The number of aryl methyl sites for hydroxylation is 1. The third-order valence-electron chi connectivity index (χ3n) is 2.86. The molecule has 0 aliphatic heterocycles. The summed E-state index contributed by atoms with van der Waals surface area (Å²) in [5.74, 6) is 0. The molecule has 4 nitrogen and oxygen atoms in total. The van der Waals surface area contributed by atoms with Crippen LogP contribution in [0.2, 0.25) is 0 Å². The lowest BCUT2D eigenvalue weighted by Crippen LogP contribution is -2.07. The summed E-state index contributed by atoms with van der Waals surface area (Å²) in [6, 6.07) is 0. The van der Waals surface area contributed by atoms with E-state index >= 15 is 0 Å². The average Bonchev–Trinajstić information content (AvgIpc) is 2.66. The maximum atomic E-state index is 11.7. The zero-order valence-corrected chi connectivity index (χ0v) is 12.6. The summed E-state index contributed by atoms with van der Waals surface area (Å²) in [6.07, 6.45) is 1.96. The highest BCUT2D eigenvalue weighted by molar-refractivity contribution is 8.13. The van der Waals surface area contributed by atoms with E-state index in [0.717, 1.165) is 12.0 Å². The van der Waals surface area contributed by atoms with Gasteiger partial charge in [-0.15, -0.1) is 0 Å². The summed E-state index contributed by atoms with van der Waals surface area (Å²) in [5, 5.41) is 4.35. The molecule has 6 heteroatoms. The molecule has 0 spiro atoms. The Labute approximate surface area is 113 Å². The summed E-state index contributed by atoms with van der Waals surface area (Å²) < 4.78 is 25.0. The van der Waals surface area contributed by atoms with E-state index in [1.807, 2.05) is 20.8 Å². The molecule has 0 N–H and O–H groups in total. The molecule has 18 heavy (non-hydrogen) atoms. The standard InChI is InChI=1S/C12H19ClN2O2S/c1-5-9(4)8-15-11(7-3)12(18(13,16)17)10(6-2)14-15/h4-8H2,1-3H3. The van der Waals surface area contributed by atoms with Crippen molar-refractivity contribution < 1.29 is 8.42 Å². The van der Waals surface area contributed by atoms with Crippen molar-refractivity contribution in [1.29, 1.82) is 0 Å². The second-order valence-corrected chi connectivity index (χ2v) is 6.63. The van der Waals surface area contributed by atoms with Crippen molar-refractivity contribution in [3.63, 3.8) is 0 Å². The fourth-order valence-corrected chi connectivity index (χ4v) is 3.38. The molecule has 1 aromatic heterocycles. The molecule has 0 bridgehead atoms. The first-order valence-corrected chi connectivity index (χ1v) is 8.35. The molecule has 1 heterocycles. The first-order chi connectivity index (χ1) is 8.35. The lowest BCUT2D eigenvalue weighted by molar-refractivity contribution is 0.603. The van der Waals surface area contributed by atoms with Crippen molar-refractivity contribution in [1.82, 2.24) is 9.78 Å². The van der Waals surface area contributed by atoms with Crippen molar-refractivity contribution in [2.75, 3.05) is 0 Å². The van der Waals surface area contributed by atoms with Crippen molar-refractivity contribution in [3.05, 3.63) is 23.5 Å². The van der Waals surface area contributed by atoms with Gasteiger partial charge >= 0.3 is 0 Å². The van der Waals surface area contributed by atoms with Gasteiger partial charge in [0.15, 0.2) is 0 Å². The van der Waals surface area contributed by atoms with E-state index in [9.17, 15) is 8.42 Å². The van der Waals surface area contributed by atoms with Crippen molar-refractivity contribution in [2.24, 2.45) is 0 Å². The van der Waals surface area contributed by atoms with Gasteiger partial charge in [-0.3, -0.25) is 4.68 Å². The molecule has 1 aromatic rings. The summed E-state index contributed by atoms with van der Waals surface area (Å²) in [6.45, 7) is 10.2. The Morgan fingerprint density at radius 1 is 1.33 bits per heavy atom. The first-order valence-electron chi connectivity index (χ1n) is 6.04. The highest BCUT2D eigenvalue weighted by Crippen LogP contribution is 2.26. The van der Waals surface area contributed by atoms with E-state index in [1.165, 1.54) is 0 Å². The zero-order valence-electron chi connectivity index (χ0n) is 11.0. The van der Waals surface area contributed by atoms with Crippen molar-refractivity contribution in [2.45, 2.75) is 51.5 Å².